The largest absolute Gasteiger partial charge is 0.375 e. The second-order valence-corrected chi connectivity index (χ2v) is 5.03. The Bertz CT molecular complexity index is 258. The van der Waals surface area contributed by atoms with Gasteiger partial charge in [-0.1, -0.05) is 38.5 Å². The van der Waals surface area contributed by atoms with E-state index in [0.717, 1.165) is 32.2 Å². The highest BCUT2D eigenvalue weighted by atomic mass is 16.5. The predicted octanol–water partition coefficient (Wildman–Crippen LogP) is 2.01. The summed E-state index contributed by atoms with van der Waals surface area (Å²) < 4.78 is 4.73. The topological polar surface area (TPSA) is 67.4 Å². The summed E-state index contributed by atoms with van der Waals surface area (Å²) in [4.78, 5) is 22.1. The molecular weight excluding hydrogens is 256 g/mol. The van der Waals surface area contributed by atoms with Gasteiger partial charge in [-0.3, -0.25) is 9.59 Å². The molecular formula is C15H30N2O3. The van der Waals surface area contributed by atoms with Crippen molar-refractivity contribution in [3.63, 3.8) is 0 Å². The molecule has 0 spiro atoms. The van der Waals surface area contributed by atoms with E-state index in [4.69, 9.17) is 4.74 Å². The third-order valence-corrected chi connectivity index (χ3v) is 3.21. The molecule has 0 aliphatic carbocycles. The molecule has 0 fully saturated rings. The Morgan fingerprint density at radius 2 is 1.40 bits per heavy atom. The molecule has 0 aromatic rings. The van der Waals surface area contributed by atoms with Crippen molar-refractivity contribution in [1.82, 2.24) is 10.6 Å². The Labute approximate surface area is 122 Å². The number of hydrogen-bond donors (Lipinski definition) is 2. The summed E-state index contributed by atoms with van der Waals surface area (Å²) in [5, 5.41) is 5.45. The average molecular weight is 286 g/mol. The quantitative estimate of drug-likeness (QED) is 0.509. The summed E-state index contributed by atoms with van der Waals surface area (Å²) in [5.74, 6) is 0.101. The maximum absolute atomic E-state index is 11.1. The van der Waals surface area contributed by atoms with Crippen molar-refractivity contribution in [2.75, 3.05) is 27.3 Å². The van der Waals surface area contributed by atoms with Crippen molar-refractivity contribution in [3.8, 4) is 0 Å². The maximum Gasteiger partial charge on any atom is 0.245 e. The monoisotopic (exact) mass is 286 g/mol. The molecule has 0 aliphatic heterocycles. The lowest BCUT2D eigenvalue weighted by Gasteiger charge is -2.04. The highest BCUT2D eigenvalue weighted by Gasteiger charge is 1.99. The van der Waals surface area contributed by atoms with Crippen LogP contribution in [0.4, 0.5) is 0 Å². The predicted molar refractivity (Wildman–Crippen MR) is 80.5 cm³/mol. The van der Waals surface area contributed by atoms with E-state index in [0.29, 0.717) is 6.42 Å². The first kappa shape index (κ1) is 18.9. The van der Waals surface area contributed by atoms with Gasteiger partial charge >= 0.3 is 0 Å². The summed E-state index contributed by atoms with van der Waals surface area (Å²) in [6, 6.07) is 0. The smallest absolute Gasteiger partial charge is 0.245 e. The van der Waals surface area contributed by atoms with Crippen LogP contribution in [0.5, 0.6) is 0 Å². The van der Waals surface area contributed by atoms with E-state index in [1.165, 1.54) is 32.8 Å². The van der Waals surface area contributed by atoms with Crippen molar-refractivity contribution in [1.29, 1.82) is 0 Å². The molecule has 0 aromatic heterocycles. The number of carbonyl (C=O) groups excluding carboxylic acids is 2. The van der Waals surface area contributed by atoms with E-state index in [1.807, 2.05) is 0 Å². The zero-order chi connectivity index (χ0) is 15.1. The first-order valence-corrected chi connectivity index (χ1v) is 7.67. The Kier molecular flexibility index (Phi) is 13.5. The van der Waals surface area contributed by atoms with Crippen LogP contribution < -0.4 is 10.6 Å². The number of amides is 2. The maximum atomic E-state index is 11.1. The first-order chi connectivity index (χ1) is 9.70. The van der Waals surface area contributed by atoms with Crippen LogP contribution in [0, 0.1) is 0 Å². The van der Waals surface area contributed by atoms with Gasteiger partial charge in [-0.2, -0.15) is 0 Å². The lowest BCUT2D eigenvalue weighted by atomic mass is 10.1. The number of ether oxygens (including phenoxy) is 1. The molecule has 0 heterocycles. The number of unbranched alkanes of at least 4 members (excludes halogenated alkanes) is 7. The molecule has 20 heavy (non-hydrogen) atoms. The van der Waals surface area contributed by atoms with Crippen molar-refractivity contribution in [3.05, 3.63) is 0 Å². The standard InChI is InChI=1S/C15H30N2O3/c1-16-14(18)11-9-7-5-3-4-6-8-10-12-17-15(19)13-20-2/h3-13H2,1-2H3,(H,16,18)(H,17,19). The number of methoxy groups -OCH3 is 1. The number of rotatable bonds is 13. The SMILES string of the molecule is CNC(=O)CCCCCCCCCCNC(=O)COC. The molecule has 0 aromatic carbocycles. The second kappa shape index (κ2) is 14.3. The molecule has 0 saturated carbocycles. The molecule has 5 nitrogen and oxygen atoms in total. The first-order valence-electron chi connectivity index (χ1n) is 7.67. The zero-order valence-electron chi connectivity index (χ0n) is 13.0. The van der Waals surface area contributed by atoms with Crippen LogP contribution in [0.1, 0.15) is 57.8 Å². The van der Waals surface area contributed by atoms with E-state index >= 15 is 0 Å². The van der Waals surface area contributed by atoms with Gasteiger partial charge in [0.2, 0.25) is 11.8 Å². The molecule has 2 N–H and O–H groups in total. The lowest BCUT2D eigenvalue weighted by molar-refractivity contribution is -0.124. The highest BCUT2D eigenvalue weighted by molar-refractivity contribution is 5.77. The van der Waals surface area contributed by atoms with Gasteiger partial charge in [-0.15, -0.1) is 0 Å². The summed E-state index contributed by atoms with van der Waals surface area (Å²) in [6.45, 7) is 0.893. The fourth-order valence-corrected chi connectivity index (χ4v) is 2.01. The Morgan fingerprint density at radius 1 is 0.850 bits per heavy atom. The zero-order valence-corrected chi connectivity index (χ0v) is 13.0. The minimum absolute atomic E-state index is 0.0383. The van der Waals surface area contributed by atoms with Crippen LogP contribution in [0.2, 0.25) is 0 Å². The average Bonchev–Trinajstić information content (AvgIpc) is 2.44. The van der Waals surface area contributed by atoms with Gasteiger partial charge in [-0.25, -0.2) is 0 Å². The van der Waals surface area contributed by atoms with Crippen LogP contribution in [0.15, 0.2) is 0 Å². The molecule has 0 saturated heterocycles. The number of carbonyl (C=O) groups is 2. The van der Waals surface area contributed by atoms with Crippen LogP contribution >= 0.6 is 0 Å². The van der Waals surface area contributed by atoms with Gasteiger partial charge in [-0.05, 0) is 12.8 Å². The third-order valence-electron chi connectivity index (χ3n) is 3.21. The molecule has 0 unspecified atom stereocenters. The molecule has 0 atom stereocenters. The summed E-state index contributed by atoms with van der Waals surface area (Å²) in [7, 11) is 3.20. The van der Waals surface area contributed by atoms with Gasteiger partial charge in [0.1, 0.15) is 6.61 Å². The Balaban J connectivity index is 3.10. The lowest BCUT2D eigenvalue weighted by Crippen LogP contribution is -2.27. The fraction of sp³-hybridized carbons (Fsp3) is 0.867. The van der Waals surface area contributed by atoms with E-state index in [2.05, 4.69) is 10.6 Å². The van der Waals surface area contributed by atoms with Crippen molar-refractivity contribution in [2.24, 2.45) is 0 Å². The van der Waals surface area contributed by atoms with Crippen LogP contribution in [-0.4, -0.2) is 39.1 Å². The molecule has 118 valence electrons. The molecule has 0 aliphatic rings. The minimum atomic E-state index is -0.0383. The van der Waals surface area contributed by atoms with E-state index in [9.17, 15) is 9.59 Å². The fourth-order valence-electron chi connectivity index (χ4n) is 2.01. The van der Waals surface area contributed by atoms with Crippen LogP contribution in [-0.2, 0) is 14.3 Å². The van der Waals surface area contributed by atoms with Crippen molar-refractivity contribution in [2.45, 2.75) is 57.8 Å². The summed E-state index contributed by atoms with van der Waals surface area (Å²) in [6.07, 6.45) is 9.88. The number of nitrogens with one attached hydrogen (secondary N) is 2. The molecule has 5 heteroatoms. The highest BCUT2D eigenvalue weighted by Crippen LogP contribution is 2.09. The summed E-state index contributed by atoms with van der Waals surface area (Å²) >= 11 is 0. The third kappa shape index (κ3) is 13.3. The van der Waals surface area contributed by atoms with Crippen LogP contribution in [0.3, 0.4) is 0 Å². The van der Waals surface area contributed by atoms with E-state index < -0.39 is 0 Å². The molecule has 2 amide bonds. The molecule has 0 bridgehead atoms. The number of hydrogen-bond acceptors (Lipinski definition) is 3. The Morgan fingerprint density at radius 3 is 1.95 bits per heavy atom. The molecule has 0 radical (unpaired) electrons. The van der Waals surface area contributed by atoms with Crippen LogP contribution in [0.25, 0.3) is 0 Å². The minimum Gasteiger partial charge on any atom is -0.375 e. The van der Waals surface area contributed by atoms with Gasteiger partial charge in [0, 0.05) is 27.1 Å². The van der Waals surface area contributed by atoms with Crippen molar-refractivity contribution >= 4 is 11.8 Å². The summed E-state index contributed by atoms with van der Waals surface area (Å²) in [5.41, 5.74) is 0. The van der Waals surface area contributed by atoms with Crippen molar-refractivity contribution < 1.29 is 14.3 Å². The van der Waals surface area contributed by atoms with E-state index in [1.54, 1.807) is 7.05 Å². The van der Waals surface area contributed by atoms with Gasteiger partial charge < -0.3 is 15.4 Å². The van der Waals surface area contributed by atoms with Gasteiger partial charge in [0.25, 0.3) is 0 Å². The molecule has 0 rings (SSSR count). The normalized spacial score (nSPS) is 10.3. The van der Waals surface area contributed by atoms with Gasteiger partial charge in [0.05, 0.1) is 0 Å². The van der Waals surface area contributed by atoms with Gasteiger partial charge in [0.15, 0.2) is 0 Å². The Hall–Kier alpha value is -1.10. The van der Waals surface area contributed by atoms with E-state index in [-0.39, 0.29) is 18.4 Å². The second-order valence-electron chi connectivity index (χ2n) is 5.03.